The first kappa shape index (κ1) is 13.6. The lowest BCUT2D eigenvalue weighted by atomic mass is 10.1. The third-order valence-corrected chi connectivity index (χ3v) is 3.82. The molecule has 0 aromatic heterocycles. The number of benzene rings is 2. The number of amides is 1. The van der Waals surface area contributed by atoms with Crippen LogP contribution in [0.25, 0.3) is 0 Å². The predicted molar refractivity (Wildman–Crippen MR) is 79.4 cm³/mol. The molecule has 0 unspecified atom stereocenters. The smallest absolute Gasteiger partial charge is 0.251 e. The number of fused-ring (bicyclic) bond motifs is 1. The van der Waals surface area contributed by atoms with Crippen LogP contribution in [-0.2, 0) is 6.42 Å². The second-order valence-corrected chi connectivity index (χ2v) is 5.15. The van der Waals surface area contributed by atoms with E-state index in [4.69, 9.17) is 4.74 Å². The lowest BCUT2D eigenvalue weighted by Gasteiger charge is -2.18. The molecule has 0 spiro atoms. The minimum atomic E-state index is -0.586. The molecule has 0 bridgehead atoms. The molecule has 0 saturated heterocycles. The molecule has 2 aromatic rings. The summed E-state index contributed by atoms with van der Waals surface area (Å²) in [6, 6.07) is 14.4. The Balaban J connectivity index is 1.81. The van der Waals surface area contributed by atoms with Crippen LogP contribution in [-0.4, -0.2) is 24.2 Å². The van der Waals surface area contributed by atoms with E-state index in [1.807, 2.05) is 24.3 Å². The number of nitrogens with one attached hydrogen (secondary N) is 1. The molecule has 4 heteroatoms. The van der Waals surface area contributed by atoms with Crippen molar-refractivity contribution in [1.82, 2.24) is 5.32 Å². The molecule has 0 fully saturated rings. The number of hydrogen-bond donors (Lipinski definition) is 2. The van der Waals surface area contributed by atoms with E-state index in [0.29, 0.717) is 17.7 Å². The lowest BCUT2D eigenvalue weighted by Crippen LogP contribution is -2.33. The highest BCUT2D eigenvalue weighted by molar-refractivity contribution is 5.95. The van der Waals surface area contributed by atoms with E-state index in [2.05, 4.69) is 5.32 Å². The van der Waals surface area contributed by atoms with Gasteiger partial charge in [-0.3, -0.25) is 4.79 Å². The quantitative estimate of drug-likeness (QED) is 0.906. The third kappa shape index (κ3) is 2.62. The first-order valence-electron chi connectivity index (χ1n) is 6.90. The zero-order chi connectivity index (χ0) is 14.8. The summed E-state index contributed by atoms with van der Waals surface area (Å²) in [6.07, 6.45) is -0.0175. The number of rotatable bonds is 3. The van der Waals surface area contributed by atoms with Crippen molar-refractivity contribution in [3.8, 4) is 5.75 Å². The van der Waals surface area contributed by atoms with Gasteiger partial charge in [0.15, 0.2) is 0 Å². The van der Waals surface area contributed by atoms with Gasteiger partial charge in [-0.1, -0.05) is 30.3 Å². The van der Waals surface area contributed by atoms with Crippen molar-refractivity contribution in [1.29, 1.82) is 0 Å². The van der Waals surface area contributed by atoms with Gasteiger partial charge in [0.2, 0.25) is 0 Å². The number of hydrogen-bond acceptors (Lipinski definition) is 3. The molecule has 2 aromatic carbocycles. The van der Waals surface area contributed by atoms with Gasteiger partial charge in [0.1, 0.15) is 5.75 Å². The van der Waals surface area contributed by atoms with Gasteiger partial charge in [0, 0.05) is 12.0 Å². The van der Waals surface area contributed by atoms with Crippen LogP contribution in [0.3, 0.4) is 0 Å². The summed E-state index contributed by atoms with van der Waals surface area (Å²) in [5.41, 5.74) is 2.59. The first-order chi connectivity index (χ1) is 10.2. The van der Waals surface area contributed by atoms with E-state index >= 15 is 0 Å². The van der Waals surface area contributed by atoms with Crippen molar-refractivity contribution < 1.29 is 14.6 Å². The molecule has 3 rings (SSSR count). The number of aliphatic hydroxyl groups is 1. The predicted octanol–water partition coefficient (Wildman–Crippen LogP) is 2.08. The van der Waals surface area contributed by atoms with Gasteiger partial charge in [0.05, 0.1) is 19.3 Å². The van der Waals surface area contributed by atoms with Crippen molar-refractivity contribution in [2.24, 2.45) is 0 Å². The molecule has 2 N–H and O–H groups in total. The molecule has 0 heterocycles. The van der Waals surface area contributed by atoms with E-state index < -0.39 is 6.10 Å². The Bertz CT molecular complexity index is 669. The zero-order valence-corrected chi connectivity index (χ0v) is 11.7. The highest BCUT2D eigenvalue weighted by atomic mass is 16.5. The summed E-state index contributed by atoms with van der Waals surface area (Å²) in [4.78, 5) is 12.3. The molecule has 1 aliphatic rings. The van der Waals surface area contributed by atoms with Gasteiger partial charge in [-0.2, -0.15) is 0 Å². The summed E-state index contributed by atoms with van der Waals surface area (Å²) in [6.45, 7) is 0. The topological polar surface area (TPSA) is 58.6 Å². The average molecular weight is 283 g/mol. The van der Waals surface area contributed by atoms with Crippen molar-refractivity contribution in [2.75, 3.05) is 7.11 Å². The second kappa shape index (κ2) is 5.58. The SMILES string of the molecule is COc1cccc(C(=O)N[C@H]2c3ccccc3C[C@H]2O)c1. The molecule has 1 amide bonds. The Morgan fingerprint density at radius 3 is 2.86 bits per heavy atom. The van der Waals surface area contributed by atoms with Crippen molar-refractivity contribution in [3.05, 3.63) is 65.2 Å². The molecule has 0 aliphatic heterocycles. The Morgan fingerprint density at radius 2 is 2.05 bits per heavy atom. The molecule has 4 nitrogen and oxygen atoms in total. The Morgan fingerprint density at radius 1 is 1.24 bits per heavy atom. The molecule has 2 atom stereocenters. The standard InChI is InChI=1S/C17H17NO3/c1-21-13-7-4-6-12(9-13)17(20)18-16-14-8-3-2-5-11(14)10-15(16)19/h2-9,15-16,19H,10H2,1H3,(H,18,20)/t15-,16+/m1/s1. The van der Waals surface area contributed by atoms with Gasteiger partial charge in [-0.15, -0.1) is 0 Å². The van der Waals surface area contributed by atoms with Crippen LogP contribution in [0.15, 0.2) is 48.5 Å². The monoisotopic (exact) mass is 283 g/mol. The van der Waals surface area contributed by atoms with E-state index in [1.54, 1.807) is 31.4 Å². The number of ether oxygens (including phenoxy) is 1. The summed E-state index contributed by atoms with van der Waals surface area (Å²) in [5, 5.41) is 13.1. The van der Waals surface area contributed by atoms with Crippen LogP contribution >= 0.6 is 0 Å². The molecule has 0 saturated carbocycles. The van der Waals surface area contributed by atoms with Crippen LogP contribution < -0.4 is 10.1 Å². The number of carbonyl (C=O) groups is 1. The number of carbonyl (C=O) groups excluding carboxylic acids is 1. The van der Waals surface area contributed by atoms with Gasteiger partial charge < -0.3 is 15.2 Å². The van der Waals surface area contributed by atoms with Gasteiger partial charge >= 0.3 is 0 Å². The summed E-state index contributed by atoms with van der Waals surface area (Å²) in [5.74, 6) is 0.421. The Labute approximate surface area is 123 Å². The normalized spacial score (nSPS) is 19.9. The Kier molecular flexibility index (Phi) is 3.62. The summed E-state index contributed by atoms with van der Waals surface area (Å²) < 4.78 is 5.12. The molecule has 21 heavy (non-hydrogen) atoms. The molecular weight excluding hydrogens is 266 g/mol. The highest BCUT2D eigenvalue weighted by Crippen LogP contribution is 2.31. The van der Waals surface area contributed by atoms with E-state index in [9.17, 15) is 9.90 Å². The maximum atomic E-state index is 12.3. The fourth-order valence-corrected chi connectivity index (χ4v) is 2.74. The van der Waals surface area contributed by atoms with Crippen molar-refractivity contribution in [2.45, 2.75) is 18.6 Å². The molecular formula is C17H17NO3. The van der Waals surface area contributed by atoms with Crippen LogP contribution in [0, 0.1) is 0 Å². The van der Waals surface area contributed by atoms with E-state index in [1.165, 1.54) is 0 Å². The van der Waals surface area contributed by atoms with Gasteiger partial charge in [-0.05, 0) is 29.3 Å². The second-order valence-electron chi connectivity index (χ2n) is 5.15. The van der Waals surface area contributed by atoms with Gasteiger partial charge in [-0.25, -0.2) is 0 Å². The van der Waals surface area contributed by atoms with E-state index in [-0.39, 0.29) is 11.9 Å². The highest BCUT2D eigenvalue weighted by Gasteiger charge is 2.32. The first-order valence-corrected chi connectivity index (χ1v) is 6.90. The van der Waals surface area contributed by atoms with Crippen LogP contribution in [0.5, 0.6) is 5.75 Å². The minimum Gasteiger partial charge on any atom is -0.497 e. The maximum Gasteiger partial charge on any atom is 0.251 e. The average Bonchev–Trinajstić information content (AvgIpc) is 2.83. The lowest BCUT2D eigenvalue weighted by molar-refractivity contribution is 0.0858. The maximum absolute atomic E-state index is 12.3. The minimum absolute atomic E-state index is 0.213. The third-order valence-electron chi connectivity index (χ3n) is 3.82. The van der Waals surface area contributed by atoms with Crippen molar-refractivity contribution >= 4 is 5.91 Å². The van der Waals surface area contributed by atoms with E-state index in [0.717, 1.165) is 11.1 Å². The number of aliphatic hydroxyl groups excluding tert-OH is 1. The summed E-state index contributed by atoms with van der Waals surface area (Å²) >= 11 is 0. The zero-order valence-electron chi connectivity index (χ0n) is 11.7. The van der Waals surface area contributed by atoms with Crippen LogP contribution in [0.1, 0.15) is 27.5 Å². The fourth-order valence-electron chi connectivity index (χ4n) is 2.74. The van der Waals surface area contributed by atoms with Gasteiger partial charge in [0.25, 0.3) is 5.91 Å². The molecule has 108 valence electrons. The summed E-state index contributed by atoms with van der Waals surface area (Å²) in [7, 11) is 1.56. The van der Waals surface area contributed by atoms with Crippen molar-refractivity contribution in [3.63, 3.8) is 0 Å². The Hall–Kier alpha value is -2.33. The fraction of sp³-hybridized carbons (Fsp3) is 0.235. The number of methoxy groups -OCH3 is 1. The van der Waals surface area contributed by atoms with Crippen LogP contribution in [0.2, 0.25) is 0 Å². The van der Waals surface area contributed by atoms with Crippen LogP contribution in [0.4, 0.5) is 0 Å². The molecule has 1 aliphatic carbocycles. The molecule has 0 radical (unpaired) electrons. The largest absolute Gasteiger partial charge is 0.497 e.